The van der Waals surface area contributed by atoms with Crippen LogP contribution in [-0.4, -0.2) is 24.5 Å². The minimum Gasteiger partial charge on any atom is -0.303 e. The summed E-state index contributed by atoms with van der Waals surface area (Å²) in [6.45, 7) is 6.16. The Morgan fingerprint density at radius 1 is 0.917 bits per heavy atom. The molecule has 1 aliphatic heterocycles. The highest BCUT2D eigenvalue weighted by atomic mass is 35.5. The van der Waals surface area contributed by atoms with Crippen molar-refractivity contribution in [2.75, 3.05) is 19.6 Å². The topological polar surface area (TPSA) is 3.24 Å². The Labute approximate surface area is 151 Å². The number of benzene rings is 2. The second kappa shape index (κ2) is 8.69. The molecule has 2 heteroatoms. The molecule has 1 heterocycles. The van der Waals surface area contributed by atoms with Crippen LogP contribution in [0.3, 0.4) is 0 Å². The quantitative estimate of drug-likeness (QED) is 0.610. The third kappa shape index (κ3) is 4.62. The largest absolute Gasteiger partial charge is 0.303 e. The van der Waals surface area contributed by atoms with Crippen molar-refractivity contribution >= 4 is 11.6 Å². The fourth-order valence-electron chi connectivity index (χ4n) is 3.59. The van der Waals surface area contributed by atoms with Crippen molar-refractivity contribution in [2.45, 2.75) is 44.9 Å². The highest BCUT2D eigenvalue weighted by molar-refractivity contribution is 6.33. The molecule has 1 saturated heterocycles. The van der Waals surface area contributed by atoms with Crippen LogP contribution in [0.15, 0.2) is 48.5 Å². The normalized spacial score (nSPS) is 17.4. The van der Waals surface area contributed by atoms with Gasteiger partial charge in [0.15, 0.2) is 0 Å². The first-order valence-electron chi connectivity index (χ1n) is 9.31. The van der Waals surface area contributed by atoms with Gasteiger partial charge >= 0.3 is 0 Å². The van der Waals surface area contributed by atoms with E-state index < -0.39 is 0 Å². The summed E-state index contributed by atoms with van der Waals surface area (Å²) in [6.07, 6.45) is 6.82. The van der Waals surface area contributed by atoms with Crippen LogP contribution in [0.5, 0.6) is 0 Å². The number of halogens is 1. The number of rotatable bonds is 5. The van der Waals surface area contributed by atoms with Gasteiger partial charge in [-0.25, -0.2) is 0 Å². The van der Waals surface area contributed by atoms with E-state index in [0.717, 1.165) is 10.6 Å². The average molecular weight is 342 g/mol. The molecule has 1 nitrogen and oxygen atoms in total. The molecule has 1 fully saturated rings. The Kier molecular flexibility index (Phi) is 6.34. The van der Waals surface area contributed by atoms with Crippen LogP contribution < -0.4 is 0 Å². The van der Waals surface area contributed by atoms with E-state index in [-0.39, 0.29) is 0 Å². The molecule has 2 aromatic carbocycles. The van der Waals surface area contributed by atoms with Crippen LogP contribution in [0.4, 0.5) is 0 Å². The van der Waals surface area contributed by atoms with Gasteiger partial charge in [0.05, 0.1) is 0 Å². The predicted octanol–water partition coefficient (Wildman–Crippen LogP) is 6.38. The lowest BCUT2D eigenvalue weighted by Gasteiger charge is -2.22. The second-order valence-corrected chi connectivity index (χ2v) is 7.45. The summed E-state index contributed by atoms with van der Waals surface area (Å²) in [4.78, 5) is 2.65. The van der Waals surface area contributed by atoms with E-state index in [2.05, 4.69) is 42.2 Å². The molecule has 1 aliphatic rings. The maximum absolute atomic E-state index is 6.30. The molecule has 0 amide bonds. The molecule has 128 valence electrons. The van der Waals surface area contributed by atoms with E-state index in [1.807, 2.05) is 18.2 Å². The molecular weight excluding hydrogens is 314 g/mol. The van der Waals surface area contributed by atoms with Gasteiger partial charge in [-0.05, 0) is 62.0 Å². The van der Waals surface area contributed by atoms with Crippen molar-refractivity contribution < 1.29 is 0 Å². The van der Waals surface area contributed by atoms with Crippen LogP contribution in [0.2, 0.25) is 5.02 Å². The SMILES string of the molecule is CC(CCN1CCCCCC1)c1ccc(-c2ccccc2Cl)cc1. The molecule has 2 aromatic rings. The molecule has 0 radical (unpaired) electrons. The lowest BCUT2D eigenvalue weighted by atomic mass is 9.95. The summed E-state index contributed by atoms with van der Waals surface area (Å²) in [6, 6.07) is 17.0. The first kappa shape index (κ1) is 17.5. The van der Waals surface area contributed by atoms with Gasteiger partial charge in [-0.2, -0.15) is 0 Å². The van der Waals surface area contributed by atoms with Crippen LogP contribution >= 0.6 is 11.6 Å². The first-order chi connectivity index (χ1) is 11.7. The molecule has 0 spiro atoms. The number of nitrogens with zero attached hydrogens (tertiary/aromatic N) is 1. The van der Waals surface area contributed by atoms with E-state index in [9.17, 15) is 0 Å². The first-order valence-corrected chi connectivity index (χ1v) is 9.69. The van der Waals surface area contributed by atoms with Gasteiger partial charge in [0.25, 0.3) is 0 Å². The second-order valence-electron chi connectivity index (χ2n) is 7.05. The van der Waals surface area contributed by atoms with Crippen LogP contribution in [-0.2, 0) is 0 Å². The molecule has 0 aromatic heterocycles. The van der Waals surface area contributed by atoms with E-state index >= 15 is 0 Å². The average Bonchev–Trinajstić information content (AvgIpc) is 2.89. The lowest BCUT2D eigenvalue weighted by molar-refractivity contribution is 0.275. The van der Waals surface area contributed by atoms with Gasteiger partial charge < -0.3 is 4.90 Å². The van der Waals surface area contributed by atoms with Crippen LogP contribution in [0.25, 0.3) is 11.1 Å². The number of hydrogen-bond acceptors (Lipinski definition) is 1. The third-order valence-corrected chi connectivity index (χ3v) is 5.57. The van der Waals surface area contributed by atoms with Gasteiger partial charge in [-0.3, -0.25) is 0 Å². The molecule has 0 N–H and O–H groups in total. The van der Waals surface area contributed by atoms with Gasteiger partial charge in [0.1, 0.15) is 0 Å². The Bertz CT molecular complexity index is 627. The summed E-state index contributed by atoms with van der Waals surface area (Å²) >= 11 is 6.30. The molecule has 0 aliphatic carbocycles. The standard InChI is InChI=1S/C22H28ClN/c1-18(14-17-24-15-6-2-3-7-16-24)19-10-12-20(13-11-19)21-8-4-5-9-22(21)23/h4-5,8-13,18H,2-3,6-7,14-17H2,1H3. The summed E-state index contributed by atoms with van der Waals surface area (Å²) in [5, 5.41) is 0.819. The number of hydrogen-bond donors (Lipinski definition) is 0. The fourth-order valence-corrected chi connectivity index (χ4v) is 3.83. The summed E-state index contributed by atoms with van der Waals surface area (Å²) in [5.74, 6) is 0.605. The van der Waals surface area contributed by atoms with Gasteiger partial charge in [-0.15, -0.1) is 0 Å². The van der Waals surface area contributed by atoms with Crippen molar-refractivity contribution in [2.24, 2.45) is 0 Å². The Morgan fingerprint density at radius 3 is 2.25 bits per heavy atom. The van der Waals surface area contributed by atoms with E-state index in [0.29, 0.717) is 5.92 Å². The predicted molar refractivity (Wildman–Crippen MR) is 105 cm³/mol. The van der Waals surface area contributed by atoms with Crippen LogP contribution in [0, 0.1) is 0 Å². The molecule has 3 rings (SSSR count). The van der Waals surface area contributed by atoms with E-state index in [4.69, 9.17) is 11.6 Å². The van der Waals surface area contributed by atoms with Crippen LogP contribution in [0.1, 0.15) is 50.5 Å². The number of likely N-dealkylation sites (tertiary alicyclic amines) is 1. The highest BCUT2D eigenvalue weighted by Crippen LogP contribution is 2.29. The van der Waals surface area contributed by atoms with Gasteiger partial charge in [0.2, 0.25) is 0 Å². The summed E-state index contributed by atoms with van der Waals surface area (Å²) < 4.78 is 0. The zero-order valence-corrected chi connectivity index (χ0v) is 15.4. The zero-order chi connectivity index (χ0) is 16.8. The maximum Gasteiger partial charge on any atom is 0.0484 e. The molecule has 1 atom stereocenters. The highest BCUT2D eigenvalue weighted by Gasteiger charge is 2.12. The Balaban J connectivity index is 1.59. The van der Waals surface area contributed by atoms with E-state index in [1.54, 1.807) is 0 Å². The monoisotopic (exact) mass is 341 g/mol. The molecular formula is C22H28ClN. The van der Waals surface area contributed by atoms with Crippen molar-refractivity contribution in [3.05, 3.63) is 59.1 Å². The molecule has 0 bridgehead atoms. The minimum atomic E-state index is 0.605. The Hall–Kier alpha value is -1.31. The van der Waals surface area contributed by atoms with Crippen molar-refractivity contribution in [3.8, 4) is 11.1 Å². The van der Waals surface area contributed by atoms with Crippen molar-refractivity contribution in [1.29, 1.82) is 0 Å². The zero-order valence-electron chi connectivity index (χ0n) is 14.7. The van der Waals surface area contributed by atoms with Crippen molar-refractivity contribution in [3.63, 3.8) is 0 Å². The van der Waals surface area contributed by atoms with Crippen molar-refractivity contribution in [1.82, 2.24) is 4.90 Å². The fraction of sp³-hybridized carbons (Fsp3) is 0.455. The van der Waals surface area contributed by atoms with Gasteiger partial charge in [0, 0.05) is 10.6 Å². The molecule has 0 saturated carbocycles. The summed E-state index contributed by atoms with van der Waals surface area (Å²) in [5.41, 5.74) is 3.74. The summed E-state index contributed by atoms with van der Waals surface area (Å²) in [7, 11) is 0. The lowest BCUT2D eigenvalue weighted by Crippen LogP contribution is -2.26. The molecule has 1 unspecified atom stereocenters. The minimum absolute atomic E-state index is 0.605. The van der Waals surface area contributed by atoms with E-state index in [1.165, 1.54) is 62.9 Å². The molecule has 24 heavy (non-hydrogen) atoms. The van der Waals surface area contributed by atoms with Gasteiger partial charge in [-0.1, -0.05) is 73.8 Å². The smallest absolute Gasteiger partial charge is 0.0484 e. The third-order valence-electron chi connectivity index (χ3n) is 5.24. The maximum atomic E-state index is 6.30. The Morgan fingerprint density at radius 2 is 1.58 bits per heavy atom.